The number of nitrogens with two attached hydrogens (primary N) is 1. The van der Waals surface area contributed by atoms with Gasteiger partial charge < -0.3 is 26.0 Å². The fraction of sp³-hybridized carbons (Fsp3) is 0.261. The Labute approximate surface area is 188 Å². The number of carbonyl (C=O) groups excluding carboxylic acids is 2. The van der Waals surface area contributed by atoms with E-state index in [9.17, 15) is 19.2 Å². The molecule has 1 amide bonds. The molecule has 0 saturated heterocycles. The van der Waals surface area contributed by atoms with E-state index < -0.39 is 36.3 Å². The minimum Gasteiger partial charge on any atom is -0.481 e. The van der Waals surface area contributed by atoms with Crippen LogP contribution in [0.3, 0.4) is 0 Å². The minimum absolute atomic E-state index is 0.0834. The van der Waals surface area contributed by atoms with Crippen molar-refractivity contribution in [1.29, 1.82) is 5.41 Å². The number of aliphatic carboxylic acids is 2. The molecule has 3 rings (SSSR count). The van der Waals surface area contributed by atoms with E-state index >= 15 is 0 Å². The first-order valence-electron chi connectivity index (χ1n) is 10.2. The van der Waals surface area contributed by atoms with Gasteiger partial charge in [0.1, 0.15) is 17.6 Å². The van der Waals surface area contributed by atoms with Crippen LogP contribution >= 0.6 is 0 Å². The van der Waals surface area contributed by atoms with Gasteiger partial charge in [0.25, 0.3) is 0 Å². The number of ether oxygens (including phenoxy) is 1. The molecule has 10 nitrogen and oxygen atoms in total. The molecule has 1 aliphatic heterocycles. The highest BCUT2D eigenvalue weighted by Crippen LogP contribution is 2.29. The Bertz CT molecular complexity index is 1140. The van der Waals surface area contributed by atoms with E-state index in [1.54, 1.807) is 36.4 Å². The average molecular weight is 453 g/mol. The second-order valence-corrected chi connectivity index (χ2v) is 7.63. The van der Waals surface area contributed by atoms with Crippen molar-refractivity contribution in [2.24, 2.45) is 5.73 Å². The maximum absolute atomic E-state index is 12.8. The van der Waals surface area contributed by atoms with E-state index in [1.807, 2.05) is 0 Å². The summed E-state index contributed by atoms with van der Waals surface area (Å²) in [6, 6.07) is 8.51. The average Bonchev–Trinajstić information content (AvgIpc) is 2.74. The van der Waals surface area contributed by atoms with Crippen molar-refractivity contribution in [3.05, 3.63) is 64.2 Å². The molecule has 2 aromatic carbocycles. The predicted octanol–water partition coefficient (Wildman–Crippen LogP) is 1.27. The zero-order chi connectivity index (χ0) is 24.1. The Hall–Kier alpha value is -4.21. The maximum atomic E-state index is 12.8. The number of carboxylic acid groups (broad SMARTS) is 2. The summed E-state index contributed by atoms with van der Waals surface area (Å²) in [5.74, 6) is -3.61. The summed E-state index contributed by atoms with van der Waals surface area (Å²) in [4.78, 5) is 47.0. The number of carboxylic acids is 2. The Morgan fingerprint density at radius 2 is 1.91 bits per heavy atom. The van der Waals surface area contributed by atoms with E-state index in [2.05, 4.69) is 5.32 Å². The second kappa shape index (κ2) is 9.94. The van der Waals surface area contributed by atoms with Gasteiger partial charge >= 0.3 is 17.9 Å². The fourth-order valence-electron chi connectivity index (χ4n) is 3.70. The summed E-state index contributed by atoms with van der Waals surface area (Å²) in [7, 11) is 0. The van der Waals surface area contributed by atoms with Crippen molar-refractivity contribution in [2.45, 2.75) is 38.1 Å². The third-order valence-electron chi connectivity index (χ3n) is 5.34. The highest BCUT2D eigenvalue weighted by atomic mass is 16.5. The summed E-state index contributed by atoms with van der Waals surface area (Å²) in [6.45, 7) is 0. The summed E-state index contributed by atoms with van der Waals surface area (Å²) in [5.41, 5.74) is 8.64. The molecule has 1 aliphatic rings. The molecule has 172 valence electrons. The van der Waals surface area contributed by atoms with Crippen LogP contribution in [0.1, 0.15) is 45.5 Å². The highest BCUT2D eigenvalue weighted by molar-refractivity contribution is 5.96. The van der Waals surface area contributed by atoms with Crippen molar-refractivity contribution in [1.82, 2.24) is 5.32 Å². The number of benzene rings is 2. The molecular formula is C23H23N3O7. The van der Waals surface area contributed by atoms with E-state index in [0.717, 1.165) is 16.7 Å². The van der Waals surface area contributed by atoms with Crippen molar-refractivity contribution < 1.29 is 34.1 Å². The van der Waals surface area contributed by atoms with Gasteiger partial charge in [0.05, 0.1) is 12.0 Å². The number of carbonyl (C=O) groups is 4. The molecule has 6 N–H and O–H groups in total. The molecule has 2 aromatic rings. The van der Waals surface area contributed by atoms with Crippen molar-refractivity contribution in [3.63, 3.8) is 0 Å². The molecule has 0 bridgehead atoms. The van der Waals surface area contributed by atoms with Crippen LogP contribution in [0.15, 0.2) is 36.4 Å². The van der Waals surface area contributed by atoms with Gasteiger partial charge in [-0.1, -0.05) is 12.1 Å². The summed E-state index contributed by atoms with van der Waals surface area (Å²) in [5, 5.41) is 27.7. The van der Waals surface area contributed by atoms with Crippen LogP contribution in [0.5, 0.6) is 5.75 Å². The standard InChI is InChI=1S/C23H23N3O7/c24-21(25)14-5-8-18-13(10-14)4-7-15-12(2-1-3-16(15)23(32)33-18)6-9-19(27)26-17(22(30)31)11-20(28)29/h1-3,5,8,10,17H,4,6-7,9,11H2,(H3,24,25)(H,26,27)(H,28,29)(H,30,31). The zero-order valence-corrected chi connectivity index (χ0v) is 17.6. The largest absolute Gasteiger partial charge is 0.481 e. The molecule has 1 atom stereocenters. The Morgan fingerprint density at radius 3 is 2.58 bits per heavy atom. The maximum Gasteiger partial charge on any atom is 0.343 e. The number of nitrogen functional groups attached to an aromatic ring is 1. The van der Waals surface area contributed by atoms with Gasteiger partial charge in [0.15, 0.2) is 0 Å². The van der Waals surface area contributed by atoms with Gasteiger partial charge in [-0.2, -0.15) is 0 Å². The quantitative estimate of drug-likeness (QED) is 0.171. The minimum atomic E-state index is -1.52. The molecule has 0 saturated carbocycles. The van der Waals surface area contributed by atoms with Crippen LogP contribution in [0.4, 0.5) is 0 Å². The second-order valence-electron chi connectivity index (χ2n) is 7.63. The van der Waals surface area contributed by atoms with Gasteiger partial charge in [0.2, 0.25) is 5.91 Å². The number of rotatable bonds is 8. The molecule has 0 spiro atoms. The number of hydrogen-bond acceptors (Lipinski definition) is 6. The Balaban J connectivity index is 1.77. The Kier molecular flexibility index (Phi) is 7.07. The zero-order valence-electron chi connectivity index (χ0n) is 17.6. The first-order chi connectivity index (χ1) is 15.7. The molecule has 10 heteroatoms. The van der Waals surface area contributed by atoms with Crippen molar-refractivity contribution in [2.75, 3.05) is 0 Å². The van der Waals surface area contributed by atoms with Crippen LogP contribution in [-0.2, 0) is 33.6 Å². The van der Waals surface area contributed by atoms with Crippen LogP contribution in [0, 0.1) is 5.41 Å². The molecule has 0 radical (unpaired) electrons. The number of hydrogen-bond donors (Lipinski definition) is 5. The van der Waals surface area contributed by atoms with E-state index in [-0.39, 0.29) is 18.7 Å². The number of amides is 1. The lowest BCUT2D eigenvalue weighted by atomic mass is 9.91. The topological polar surface area (TPSA) is 180 Å². The first kappa shape index (κ1) is 23.5. The molecular weight excluding hydrogens is 430 g/mol. The molecule has 1 heterocycles. The van der Waals surface area contributed by atoms with E-state index in [1.165, 1.54) is 0 Å². The number of aryl methyl sites for hydroxylation is 2. The number of amidine groups is 1. The molecule has 0 aliphatic carbocycles. The van der Waals surface area contributed by atoms with Crippen LogP contribution in [0.25, 0.3) is 0 Å². The molecule has 1 unspecified atom stereocenters. The van der Waals surface area contributed by atoms with Gasteiger partial charge in [0, 0.05) is 12.0 Å². The lowest BCUT2D eigenvalue weighted by molar-refractivity contribution is -0.147. The molecule has 33 heavy (non-hydrogen) atoms. The molecule has 0 aromatic heterocycles. The van der Waals surface area contributed by atoms with Crippen LogP contribution < -0.4 is 15.8 Å². The smallest absolute Gasteiger partial charge is 0.343 e. The van der Waals surface area contributed by atoms with Crippen LogP contribution in [0.2, 0.25) is 0 Å². The summed E-state index contributed by atoms with van der Waals surface area (Å²) in [6.07, 6.45) is 0.407. The monoisotopic (exact) mass is 453 g/mol. The number of esters is 1. The summed E-state index contributed by atoms with van der Waals surface area (Å²) >= 11 is 0. The van der Waals surface area contributed by atoms with E-state index in [0.29, 0.717) is 29.7 Å². The Morgan fingerprint density at radius 1 is 1.15 bits per heavy atom. The van der Waals surface area contributed by atoms with Crippen molar-refractivity contribution >= 4 is 29.7 Å². The molecule has 0 fully saturated rings. The number of nitrogens with one attached hydrogen (secondary N) is 2. The SMILES string of the molecule is N=C(N)c1ccc2c(c1)CCc1c(CCC(=O)NC(CC(=O)O)C(=O)O)cccc1C(=O)O2. The lowest BCUT2D eigenvalue weighted by Gasteiger charge is -2.20. The fourth-order valence-corrected chi connectivity index (χ4v) is 3.70. The van der Waals surface area contributed by atoms with Gasteiger partial charge in [-0.15, -0.1) is 0 Å². The number of fused-ring (bicyclic) bond motifs is 2. The first-order valence-corrected chi connectivity index (χ1v) is 10.2. The van der Waals surface area contributed by atoms with Gasteiger partial charge in [-0.3, -0.25) is 15.0 Å². The van der Waals surface area contributed by atoms with Crippen LogP contribution in [-0.4, -0.2) is 45.9 Å². The normalized spacial score (nSPS) is 13.4. The van der Waals surface area contributed by atoms with Gasteiger partial charge in [-0.25, -0.2) is 9.59 Å². The predicted molar refractivity (Wildman–Crippen MR) is 116 cm³/mol. The van der Waals surface area contributed by atoms with Gasteiger partial charge in [-0.05, 0) is 60.2 Å². The summed E-state index contributed by atoms with van der Waals surface area (Å²) < 4.78 is 5.54. The highest BCUT2D eigenvalue weighted by Gasteiger charge is 2.24. The van der Waals surface area contributed by atoms with E-state index in [4.69, 9.17) is 26.1 Å². The third-order valence-corrected chi connectivity index (χ3v) is 5.34. The lowest BCUT2D eigenvalue weighted by Crippen LogP contribution is -2.42. The van der Waals surface area contributed by atoms with Crippen molar-refractivity contribution in [3.8, 4) is 5.75 Å². The third kappa shape index (κ3) is 5.73.